The van der Waals surface area contributed by atoms with E-state index in [1.165, 1.54) is 35.9 Å². The van der Waals surface area contributed by atoms with Crippen LogP contribution in [0.5, 0.6) is 0 Å². The number of imidazole rings is 1. The third-order valence-corrected chi connectivity index (χ3v) is 11.8. The third kappa shape index (κ3) is 6.00. The standard InChI is InChI=1S/C31H45F3N4O2S/c1-19-6-5-11-36(14-19)15-21-12-25(31(32,33)34)26-17-37(30(40)38(26)16-21)24-10-4-9-23(13-24)28(22-7-3-8-22)29-20(2)41-27(18-39)35-29/h12,16-17,19-20,22-24,27-29,35,39H,3-11,13-15,18H2,1-2H3/t19-,20?,23?,24?,27?,28-,29?/m0/s1. The molecule has 41 heavy (non-hydrogen) atoms. The maximum Gasteiger partial charge on any atom is 0.418 e. The van der Waals surface area contributed by atoms with Crippen LogP contribution >= 0.6 is 11.8 Å². The molecule has 0 aromatic carbocycles. The molecule has 2 aromatic rings. The Morgan fingerprint density at radius 1 is 1.07 bits per heavy atom. The molecule has 7 atom stereocenters. The Hall–Kier alpha value is -1.49. The minimum Gasteiger partial charge on any atom is -0.394 e. The fourth-order valence-electron chi connectivity index (χ4n) is 8.38. The molecule has 2 aliphatic heterocycles. The number of aliphatic hydroxyl groups is 1. The first kappa shape index (κ1) is 29.6. The molecular weight excluding hydrogens is 549 g/mol. The molecule has 6 nitrogen and oxygen atoms in total. The second-order valence-electron chi connectivity index (χ2n) is 13.4. The molecule has 228 valence electrons. The van der Waals surface area contributed by atoms with Gasteiger partial charge in [0.25, 0.3) is 0 Å². The van der Waals surface area contributed by atoms with Gasteiger partial charge >= 0.3 is 11.9 Å². The Morgan fingerprint density at radius 2 is 1.83 bits per heavy atom. The van der Waals surface area contributed by atoms with Gasteiger partial charge in [-0.2, -0.15) is 13.2 Å². The Bertz CT molecular complexity index is 1270. The molecule has 0 radical (unpaired) electrons. The van der Waals surface area contributed by atoms with E-state index in [2.05, 4.69) is 24.1 Å². The van der Waals surface area contributed by atoms with E-state index in [0.717, 1.165) is 51.6 Å². The van der Waals surface area contributed by atoms with E-state index in [1.54, 1.807) is 10.8 Å². The highest BCUT2D eigenvalue weighted by Gasteiger charge is 2.46. The lowest BCUT2D eigenvalue weighted by molar-refractivity contribution is -0.136. The van der Waals surface area contributed by atoms with Gasteiger partial charge in [-0.25, -0.2) is 4.79 Å². The molecule has 6 rings (SSSR count). The summed E-state index contributed by atoms with van der Waals surface area (Å²) in [6.07, 6.45) is 8.16. The summed E-state index contributed by atoms with van der Waals surface area (Å²) in [5.74, 6) is 2.03. The lowest BCUT2D eigenvalue weighted by Gasteiger charge is -2.46. The fourth-order valence-corrected chi connectivity index (χ4v) is 9.65. The van der Waals surface area contributed by atoms with Crippen molar-refractivity contribution in [2.75, 3.05) is 19.7 Å². The van der Waals surface area contributed by atoms with Gasteiger partial charge in [0.15, 0.2) is 0 Å². The molecule has 4 fully saturated rings. The maximum atomic E-state index is 14.3. The van der Waals surface area contributed by atoms with E-state index in [9.17, 15) is 23.1 Å². The molecule has 4 heterocycles. The van der Waals surface area contributed by atoms with Crippen LogP contribution in [0.1, 0.15) is 88.8 Å². The summed E-state index contributed by atoms with van der Waals surface area (Å²) in [6.45, 7) is 6.71. The zero-order valence-corrected chi connectivity index (χ0v) is 25.1. The third-order valence-electron chi connectivity index (χ3n) is 10.5. The monoisotopic (exact) mass is 594 g/mol. The number of nitrogens with zero attached hydrogens (tertiary/aromatic N) is 3. The van der Waals surface area contributed by atoms with Crippen LogP contribution in [-0.4, -0.2) is 55.3 Å². The molecule has 4 aliphatic rings. The molecule has 0 spiro atoms. The number of piperidine rings is 1. The molecule has 2 aliphatic carbocycles. The summed E-state index contributed by atoms with van der Waals surface area (Å²) in [5.41, 5.74) is -0.563. The zero-order valence-electron chi connectivity index (χ0n) is 24.3. The SMILES string of the molecule is CC1SC(CO)NC1[C@@H](C1CCC1)C1CCCC(n2cc3c(C(F)(F)F)cc(CN4CCC[C@H](C)C4)cn3c2=O)C1. The zero-order chi connectivity index (χ0) is 28.9. The van der Waals surface area contributed by atoms with Crippen LogP contribution in [-0.2, 0) is 12.7 Å². The van der Waals surface area contributed by atoms with Crippen molar-refractivity contribution in [2.45, 2.75) is 107 Å². The molecular formula is C31H45F3N4O2S. The Kier molecular flexibility index (Phi) is 8.58. The summed E-state index contributed by atoms with van der Waals surface area (Å²) in [4.78, 5) is 16.0. The number of aromatic nitrogens is 2. The van der Waals surface area contributed by atoms with Crippen molar-refractivity contribution < 1.29 is 18.3 Å². The molecule has 5 unspecified atom stereocenters. The number of aliphatic hydroxyl groups excluding tert-OH is 1. The van der Waals surface area contributed by atoms with E-state index >= 15 is 0 Å². The van der Waals surface area contributed by atoms with Gasteiger partial charge in [0.05, 0.1) is 23.1 Å². The smallest absolute Gasteiger partial charge is 0.394 e. The number of halogens is 3. The summed E-state index contributed by atoms with van der Waals surface area (Å²) in [6, 6.07) is 1.47. The van der Waals surface area contributed by atoms with Gasteiger partial charge in [0, 0.05) is 42.8 Å². The van der Waals surface area contributed by atoms with Crippen molar-refractivity contribution in [1.29, 1.82) is 0 Å². The van der Waals surface area contributed by atoms with Gasteiger partial charge in [-0.3, -0.25) is 19.2 Å². The van der Waals surface area contributed by atoms with E-state index in [0.29, 0.717) is 47.1 Å². The topological polar surface area (TPSA) is 61.9 Å². The lowest BCUT2D eigenvalue weighted by atomic mass is 9.63. The molecule has 0 amide bonds. The van der Waals surface area contributed by atoms with Crippen LogP contribution < -0.4 is 11.0 Å². The van der Waals surface area contributed by atoms with Crippen LogP contribution in [0.25, 0.3) is 5.52 Å². The van der Waals surface area contributed by atoms with Gasteiger partial charge in [0.1, 0.15) is 0 Å². The number of rotatable bonds is 7. The summed E-state index contributed by atoms with van der Waals surface area (Å²) in [7, 11) is 0. The number of hydrogen-bond acceptors (Lipinski definition) is 5. The van der Waals surface area contributed by atoms with Crippen LogP contribution in [0, 0.1) is 23.7 Å². The summed E-state index contributed by atoms with van der Waals surface area (Å²) >= 11 is 1.81. The minimum atomic E-state index is -4.54. The van der Waals surface area contributed by atoms with Crippen molar-refractivity contribution in [3.05, 3.63) is 40.1 Å². The quantitative estimate of drug-likeness (QED) is 0.417. The summed E-state index contributed by atoms with van der Waals surface area (Å²) in [5, 5.41) is 13.9. The highest BCUT2D eigenvalue weighted by Crippen LogP contribution is 2.49. The fraction of sp³-hybridized carbons (Fsp3) is 0.774. The molecule has 2 aromatic heterocycles. The van der Waals surface area contributed by atoms with Crippen molar-refractivity contribution in [1.82, 2.24) is 19.2 Å². The van der Waals surface area contributed by atoms with Crippen LogP contribution in [0.15, 0.2) is 23.3 Å². The van der Waals surface area contributed by atoms with Crippen molar-refractivity contribution in [3.63, 3.8) is 0 Å². The second-order valence-corrected chi connectivity index (χ2v) is 15.0. The average Bonchev–Trinajstić information content (AvgIpc) is 3.44. The van der Waals surface area contributed by atoms with Crippen molar-refractivity contribution >= 4 is 17.3 Å². The molecule has 2 saturated heterocycles. The van der Waals surface area contributed by atoms with Gasteiger partial charge < -0.3 is 5.11 Å². The Morgan fingerprint density at radius 3 is 2.49 bits per heavy atom. The first-order chi connectivity index (χ1) is 19.6. The van der Waals surface area contributed by atoms with Gasteiger partial charge in [-0.05, 0) is 74.0 Å². The van der Waals surface area contributed by atoms with Gasteiger partial charge in [-0.1, -0.05) is 39.5 Å². The molecule has 2 saturated carbocycles. The van der Waals surface area contributed by atoms with Crippen LogP contribution in [0.4, 0.5) is 13.2 Å². The Labute approximate surface area is 245 Å². The first-order valence-corrected chi connectivity index (χ1v) is 16.6. The molecule has 2 N–H and O–H groups in total. The summed E-state index contributed by atoms with van der Waals surface area (Å²) < 4.78 is 45.9. The molecule has 0 bridgehead atoms. The highest BCUT2D eigenvalue weighted by atomic mass is 32.2. The number of likely N-dealkylation sites (tertiary alicyclic amines) is 1. The number of hydrogen-bond donors (Lipinski definition) is 2. The van der Waals surface area contributed by atoms with Crippen molar-refractivity contribution in [2.24, 2.45) is 23.7 Å². The largest absolute Gasteiger partial charge is 0.418 e. The van der Waals surface area contributed by atoms with Gasteiger partial charge in [-0.15, -0.1) is 11.8 Å². The number of fused-ring (bicyclic) bond motifs is 1. The number of thioether (sulfide) groups is 1. The second kappa shape index (κ2) is 11.9. The van der Waals surface area contributed by atoms with Crippen LogP contribution in [0.3, 0.4) is 0 Å². The van der Waals surface area contributed by atoms with E-state index < -0.39 is 11.7 Å². The Balaban J connectivity index is 1.30. The predicted molar refractivity (Wildman–Crippen MR) is 157 cm³/mol. The van der Waals surface area contributed by atoms with Gasteiger partial charge in [0.2, 0.25) is 0 Å². The predicted octanol–water partition coefficient (Wildman–Crippen LogP) is 5.91. The number of pyridine rings is 1. The maximum absolute atomic E-state index is 14.3. The minimum absolute atomic E-state index is 0.0378. The van der Waals surface area contributed by atoms with E-state index in [4.69, 9.17) is 0 Å². The van der Waals surface area contributed by atoms with E-state index in [1.807, 2.05) is 11.8 Å². The first-order valence-electron chi connectivity index (χ1n) is 15.7. The number of nitrogens with one attached hydrogen (secondary N) is 1. The average molecular weight is 595 g/mol. The highest BCUT2D eigenvalue weighted by molar-refractivity contribution is 8.00. The van der Waals surface area contributed by atoms with Crippen molar-refractivity contribution in [3.8, 4) is 0 Å². The normalized spacial score (nSPS) is 32.8. The molecule has 10 heteroatoms. The van der Waals surface area contributed by atoms with E-state index in [-0.39, 0.29) is 29.2 Å². The van der Waals surface area contributed by atoms with Crippen LogP contribution in [0.2, 0.25) is 0 Å². The lowest BCUT2D eigenvalue weighted by Crippen LogP contribution is -2.48. The number of alkyl halides is 3.